The number of benzene rings is 2. The lowest BCUT2D eigenvalue weighted by Crippen LogP contribution is -2.28. The summed E-state index contributed by atoms with van der Waals surface area (Å²) in [6, 6.07) is 11.9. The van der Waals surface area contributed by atoms with Gasteiger partial charge in [0.25, 0.3) is 0 Å². The minimum absolute atomic E-state index is 0.0405. The van der Waals surface area contributed by atoms with Crippen molar-refractivity contribution in [2.45, 2.75) is 32.1 Å². The van der Waals surface area contributed by atoms with Crippen molar-refractivity contribution in [1.29, 1.82) is 0 Å². The molecule has 4 heteroatoms. The SMILES string of the molecule is COc1ccc(C=NNC(=O)C2CCCCC2)c2ccccc12. The van der Waals surface area contributed by atoms with Crippen LogP contribution in [-0.4, -0.2) is 19.2 Å². The fourth-order valence-electron chi connectivity index (χ4n) is 3.21. The number of rotatable bonds is 4. The third-order valence-corrected chi connectivity index (χ3v) is 4.49. The molecule has 1 fully saturated rings. The van der Waals surface area contributed by atoms with Crippen molar-refractivity contribution in [1.82, 2.24) is 5.43 Å². The zero-order valence-corrected chi connectivity index (χ0v) is 13.4. The van der Waals surface area contributed by atoms with E-state index in [1.165, 1.54) is 6.42 Å². The van der Waals surface area contributed by atoms with Crippen LogP contribution in [0.2, 0.25) is 0 Å². The van der Waals surface area contributed by atoms with Crippen molar-refractivity contribution in [3.05, 3.63) is 42.0 Å². The summed E-state index contributed by atoms with van der Waals surface area (Å²) in [5.41, 5.74) is 3.66. The molecule has 120 valence electrons. The van der Waals surface area contributed by atoms with Crippen molar-refractivity contribution >= 4 is 22.9 Å². The number of nitrogens with zero attached hydrogens (tertiary/aromatic N) is 1. The zero-order valence-electron chi connectivity index (χ0n) is 13.4. The summed E-state index contributed by atoms with van der Waals surface area (Å²) in [6.45, 7) is 0. The first kappa shape index (κ1) is 15.5. The number of hydrogen-bond acceptors (Lipinski definition) is 3. The molecule has 0 aliphatic heterocycles. The highest BCUT2D eigenvalue weighted by Crippen LogP contribution is 2.27. The van der Waals surface area contributed by atoms with Crippen LogP contribution in [0.3, 0.4) is 0 Å². The predicted molar refractivity (Wildman–Crippen MR) is 92.8 cm³/mol. The molecule has 1 N–H and O–H groups in total. The molecular formula is C19H22N2O2. The van der Waals surface area contributed by atoms with Crippen LogP contribution in [0.5, 0.6) is 5.75 Å². The number of carbonyl (C=O) groups is 1. The topological polar surface area (TPSA) is 50.7 Å². The Morgan fingerprint density at radius 3 is 2.61 bits per heavy atom. The molecule has 0 saturated heterocycles. The second-order valence-corrected chi connectivity index (χ2v) is 5.97. The predicted octanol–water partition coefficient (Wildman–Crippen LogP) is 3.88. The van der Waals surface area contributed by atoms with Gasteiger partial charge in [0, 0.05) is 16.9 Å². The highest BCUT2D eigenvalue weighted by molar-refractivity contribution is 6.02. The van der Waals surface area contributed by atoms with Crippen molar-refractivity contribution in [3.63, 3.8) is 0 Å². The van der Waals surface area contributed by atoms with Crippen molar-refractivity contribution < 1.29 is 9.53 Å². The number of methoxy groups -OCH3 is 1. The van der Waals surface area contributed by atoms with Crippen LogP contribution < -0.4 is 10.2 Å². The largest absolute Gasteiger partial charge is 0.496 e. The number of amides is 1. The van der Waals surface area contributed by atoms with Gasteiger partial charge in [0.05, 0.1) is 13.3 Å². The van der Waals surface area contributed by atoms with Crippen molar-refractivity contribution in [2.24, 2.45) is 11.0 Å². The van der Waals surface area contributed by atoms with Gasteiger partial charge in [0.1, 0.15) is 5.75 Å². The molecule has 0 bridgehead atoms. The Morgan fingerprint density at radius 1 is 1.13 bits per heavy atom. The van der Waals surface area contributed by atoms with Crippen LogP contribution in [0.25, 0.3) is 10.8 Å². The zero-order chi connectivity index (χ0) is 16.1. The van der Waals surface area contributed by atoms with Crippen LogP contribution in [-0.2, 0) is 4.79 Å². The Balaban J connectivity index is 1.75. The maximum absolute atomic E-state index is 12.1. The van der Waals surface area contributed by atoms with E-state index in [1.807, 2.05) is 36.4 Å². The highest BCUT2D eigenvalue weighted by atomic mass is 16.5. The smallest absolute Gasteiger partial charge is 0.243 e. The molecule has 0 atom stereocenters. The van der Waals surface area contributed by atoms with Gasteiger partial charge in [-0.05, 0) is 30.4 Å². The molecule has 0 heterocycles. The first-order valence-electron chi connectivity index (χ1n) is 8.18. The fraction of sp³-hybridized carbons (Fsp3) is 0.368. The first-order valence-corrected chi connectivity index (χ1v) is 8.18. The van der Waals surface area contributed by atoms with E-state index in [9.17, 15) is 4.79 Å². The van der Waals surface area contributed by atoms with Gasteiger partial charge in [-0.25, -0.2) is 5.43 Å². The van der Waals surface area contributed by atoms with Crippen LogP contribution in [0, 0.1) is 5.92 Å². The molecule has 2 aromatic carbocycles. The Morgan fingerprint density at radius 2 is 1.87 bits per heavy atom. The number of nitrogens with one attached hydrogen (secondary N) is 1. The highest BCUT2D eigenvalue weighted by Gasteiger charge is 2.20. The van der Waals surface area contributed by atoms with E-state index < -0.39 is 0 Å². The van der Waals surface area contributed by atoms with Crippen LogP contribution >= 0.6 is 0 Å². The van der Waals surface area contributed by atoms with Gasteiger partial charge in [-0.2, -0.15) is 5.10 Å². The lowest BCUT2D eigenvalue weighted by molar-refractivity contribution is -0.125. The molecule has 0 unspecified atom stereocenters. The molecule has 0 radical (unpaired) electrons. The molecule has 3 rings (SSSR count). The Labute approximate surface area is 136 Å². The molecule has 0 aromatic heterocycles. The molecule has 0 spiro atoms. The monoisotopic (exact) mass is 310 g/mol. The van der Waals surface area contributed by atoms with E-state index in [1.54, 1.807) is 13.3 Å². The third-order valence-electron chi connectivity index (χ3n) is 4.49. The minimum atomic E-state index is 0.0405. The van der Waals surface area contributed by atoms with Gasteiger partial charge < -0.3 is 4.74 Å². The first-order chi connectivity index (χ1) is 11.3. The van der Waals surface area contributed by atoms with Crippen LogP contribution in [0.4, 0.5) is 0 Å². The molecule has 1 saturated carbocycles. The van der Waals surface area contributed by atoms with E-state index in [4.69, 9.17) is 4.74 Å². The Bertz CT molecular complexity index is 718. The summed E-state index contributed by atoms with van der Waals surface area (Å²) in [6.07, 6.45) is 7.20. The second-order valence-electron chi connectivity index (χ2n) is 5.97. The average Bonchev–Trinajstić information content (AvgIpc) is 2.62. The molecule has 1 amide bonds. The Hall–Kier alpha value is -2.36. The maximum atomic E-state index is 12.1. The number of hydrazone groups is 1. The maximum Gasteiger partial charge on any atom is 0.243 e. The summed E-state index contributed by atoms with van der Waals surface area (Å²) < 4.78 is 5.39. The second kappa shape index (κ2) is 7.27. The number of ether oxygens (including phenoxy) is 1. The van der Waals surface area contributed by atoms with E-state index in [-0.39, 0.29) is 11.8 Å². The van der Waals surface area contributed by atoms with Gasteiger partial charge in [-0.1, -0.05) is 43.5 Å². The van der Waals surface area contributed by atoms with Crippen molar-refractivity contribution in [2.75, 3.05) is 7.11 Å². The minimum Gasteiger partial charge on any atom is -0.496 e. The molecule has 4 nitrogen and oxygen atoms in total. The summed E-state index contributed by atoms with van der Waals surface area (Å²) in [5, 5.41) is 6.25. The van der Waals surface area contributed by atoms with Gasteiger partial charge in [-0.15, -0.1) is 0 Å². The summed E-state index contributed by atoms with van der Waals surface area (Å²) in [7, 11) is 1.67. The number of hydrogen-bond donors (Lipinski definition) is 1. The summed E-state index contributed by atoms with van der Waals surface area (Å²) in [4.78, 5) is 12.1. The summed E-state index contributed by atoms with van der Waals surface area (Å²) >= 11 is 0. The van der Waals surface area contributed by atoms with Gasteiger partial charge in [-0.3, -0.25) is 4.79 Å². The number of carbonyl (C=O) groups excluding carboxylic acids is 1. The van der Waals surface area contributed by atoms with Crippen LogP contribution in [0.1, 0.15) is 37.7 Å². The fourth-order valence-corrected chi connectivity index (χ4v) is 3.21. The van der Waals surface area contributed by atoms with E-state index in [0.717, 1.165) is 47.8 Å². The lowest BCUT2D eigenvalue weighted by Gasteiger charge is -2.19. The molecule has 1 aliphatic carbocycles. The van der Waals surface area contributed by atoms with Gasteiger partial charge in [0.2, 0.25) is 5.91 Å². The molecule has 1 aliphatic rings. The molecular weight excluding hydrogens is 288 g/mol. The van der Waals surface area contributed by atoms with Gasteiger partial charge in [0.15, 0.2) is 0 Å². The molecule has 2 aromatic rings. The van der Waals surface area contributed by atoms with Crippen LogP contribution in [0.15, 0.2) is 41.5 Å². The van der Waals surface area contributed by atoms with E-state index in [0.29, 0.717) is 0 Å². The van der Waals surface area contributed by atoms with Gasteiger partial charge >= 0.3 is 0 Å². The van der Waals surface area contributed by atoms with Crippen molar-refractivity contribution in [3.8, 4) is 5.75 Å². The Kier molecular flexibility index (Phi) is 4.91. The number of fused-ring (bicyclic) bond motifs is 1. The normalized spacial score (nSPS) is 15.9. The van der Waals surface area contributed by atoms with E-state index >= 15 is 0 Å². The lowest BCUT2D eigenvalue weighted by atomic mass is 9.89. The standard InChI is InChI=1S/C19H22N2O2/c1-23-18-12-11-15(16-9-5-6-10-17(16)18)13-20-21-19(22)14-7-3-2-4-8-14/h5-6,9-14H,2-4,7-8H2,1H3,(H,21,22). The third kappa shape index (κ3) is 3.52. The average molecular weight is 310 g/mol. The van der Waals surface area contributed by atoms with E-state index in [2.05, 4.69) is 10.5 Å². The molecule has 23 heavy (non-hydrogen) atoms. The quantitative estimate of drug-likeness (QED) is 0.688. The summed E-state index contributed by atoms with van der Waals surface area (Å²) in [5.74, 6) is 0.997.